The molecule has 0 aliphatic carbocycles. The van der Waals surface area contributed by atoms with Crippen LogP contribution in [0.5, 0.6) is 11.5 Å². The SMILES string of the molecule is Cc1nc2ccc(-c3cn[nH]c3)c(F)c2n1-c1ccc2c(c1)OCO2. The summed E-state index contributed by atoms with van der Waals surface area (Å²) in [5.74, 6) is 1.69. The molecule has 6 nitrogen and oxygen atoms in total. The number of rotatable bonds is 2. The van der Waals surface area contributed by atoms with Gasteiger partial charge in [0.1, 0.15) is 11.3 Å². The molecule has 0 bridgehead atoms. The first kappa shape index (κ1) is 14.0. The molecule has 0 atom stereocenters. The van der Waals surface area contributed by atoms with Crippen LogP contribution in [0, 0.1) is 12.7 Å². The van der Waals surface area contributed by atoms with E-state index in [1.165, 1.54) is 0 Å². The number of benzene rings is 2. The topological polar surface area (TPSA) is 65.0 Å². The molecule has 0 saturated carbocycles. The van der Waals surface area contributed by atoms with E-state index in [9.17, 15) is 0 Å². The molecule has 0 saturated heterocycles. The summed E-state index contributed by atoms with van der Waals surface area (Å²) in [6.45, 7) is 2.04. The third-order valence-electron chi connectivity index (χ3n) is 4.35. The van der Waals surface area contributed by atoms with E-state index < -0.39 is 0 Å². The molecule has 1 aliphatic heterocycles. The first-order chi connectivity index (χ1) is 12.2. The summed E-state index contributed by atoms with van der Waals surface area (Å²) >= 11 is 0. The average Bonchev–Trinajstić information content (AvgIpc) is 3.33. The van der Waals surface area contributed by atoms with Crippen molar-refractivity contribution in [3.8, 4) is 28.3 Å². The van der Waals surface area contributed by atoms with Crippen molar-refractivity contribution in [2.45, 2.75) is 6.92 Å². The van der Waals surface area contributed by atoms with Crippen molar-refractivity contribution in [1.29, 1.82) is 0 Å². The maximum Gasteiger partial charge on any atom is 0.231 e. The van der Waals surface area contributed by atoms with Crippen molar-refractivity contribution in [3.63, 3.8) is 0 Å². The highest BCUT2D eigenvalue weighted by atomic mass is 19.1. The minimum Gasteiger partial charge on any atom is -0.454 e. The van der Waals surface area contributed by atoms with Gasteiger partial charge in [0.2, 0.25) is 6.79 Å². The monoisotopic (exact) mass is 336 g/mol. The number of fused-ring (bicyclic) bond motifs is 2. The highest BCUT2D eigenvalue weighted by Crippen LogP contribution is 2.36. The Labute approximate surface area is 141 Å². The second kappa shape index (κ2) is 5.07. The van der Waals surface area contributed by atoms with Crippen LogP contribution in [0.2, 0.25) is 0 Å². The van der Waals surface area contributed by atoms with Crippen LogP contribution >= 0.6 is 0 Å². The fourth-order valence-electron chi connectivity index (χ4n) is 3.20. The number of ether oxygens (including phenoxy) is 2. The number of hydrogen-bond acceptors (Lipinski definition) is 4. The van der Waals surface area contributed by atoms with E-state index in [2.05, 4.69) is 15.2 Å². The van der Waals surface area contributed by atoms with Gasteiger partial charge in [-0.2, -0.15) is 5.10 Å². The Hall–Kier alpha value is -3.35. The minimum atomic E-state index is -0.336. The molecule has 2 aromatic heterocycles. The molecule has 7 heteroatoms. The second-order valence-electron chi connectivity index (χ2n) is 5.81. The highest BCUT2D eigenvalue weighted by Gasteiger charge is 2.20. The van der Waals surface area contributed by atoms with Gasteiger partial charge >= 0.3 is 0 Å². The molecule has 25 heavy (non-hydrogen) atoms. The van der Waals surface area contributed by atoms with Crippen molar-refractivity contribution in [2.75, 3.05) is 6.79 Å². The van der Waals surface area contributed by atoms with Gasteiger partial charge in [-0.15, -0.1) is 0 Å². The maximum atomic E-state index is 15.3. The average molecular weight is 336 g/mol. The van der Waals surface area contributed by atoms with Gasteiger partial charge in [-0.05, 0) is 31.2 Å². The van der Waals surface area contributed by atoms with Crippen molar-refractivity contribution in [1.82, 2.24) is 19.7 Å². The molecule has 0 unspecified atom stereocenters. The van der Waals surface area contributed by atoms with Crippen molar-refractivity contribution < 1.29 is 13.9 Å². The quantitative estimate of drug-likeness (QED) is 0.607. The normalized spacial score (nSPS) is 12.9. The van der Waals surface area contributed by atoms with Gasteiger partial charge in [0.25, 0.3) is 0 Å². The van der Waals surface area contributed by atoms with Gasteiger partial charge in [-0.3, -0.25) is 9.67 Å². The number of halogens is 1. The molecule has 4 aromatic rings. The Bertz CT molecular complexity index is 1100. The fourth-order valence-corrected chi connectivity index (χ4v) is 3.20. The Morgan fingerprint density at radius 2 is 2.04 bits per heavy atom. The van der Waals surface area contributed by atoms with Gasteiger partial charge in [0, 0.05) is 23.4 Å². The number of nitrogens with zero attached hydrogens (tertiary/aromatic N) is 3. The van der Waals surface area contributed by atoms with E-state index in [1.807, 2.05) is 31.2 Å². The third-order valence-corrected chi connectivity index (χ3v) is 4.35. The summed E-state index contributed by atoms with van der Waals surface area (Å²) in [5.41, 5.74) is 2.96. The van der Waals surface area contributed by atoms with Gasteiger partial charge in [0.05, 0.1) is 17.4 Å². The Morgan fingerprint density at radius 3 is 2.88 bits per heavy atom. The zero-order valence-electron chi connectivity index (χ0n) is 13.3. The van der Waals surface area contributed by atoms with Crippen molar-refractivity contribution >= 4 is 11.0 Å². The predicted octanol–water partition coefficient (Wildman–Crippen LogP) is 3.59. The Balaban J connectivity index is 1.78. The van der Waals surface area contributed by atoms with E-state index in [4.69, 9.17) is 9.47 Å². The van der Waals surface area contributed by atoms with E-state index >= 15 is 4.39 Å². The molecular formula is C18H13FN4O2. The molecular weight excluding hydrogens is 323 g/mol. The smallest absolute Gasteiger partial charge is 0.231 e. The lowest BCUT2D eigenvalue weighted by atomic mass is 10.1. The fraction of sp³-hybridized carbons (Fsp3) is 0.111. The Morgan fingerprint density at radius 1 is 1.16 bits per heavy atom. The zero-order chi connectivity index (χ0) is 17.0. The summed E-state index contributed by atoms with van der Waals surface area (Å²) < 4.78 is 27.9. The summed E-state index contributed by atoms with van der Waals surface area (Å²) in [4.78, 5) is 4.49. The number of imidazole rings is 1. The minimum absolute atomic E-state index is 0.196. The molecule has 124 valence electrons. The van der Waals surface area contributed by atoms with Crippen molar-refractivity contribution in [3.05, 3.63) is 54.4 Å². The van der Waals surface area contributed by atoms with Gasteiger partial charge < -0.3 is 9.47 Å². The standard InChI is InChI=1S/C18H13FN4O2/c1-10-22-14-4-3-13(11-7-20-21-8-11)17(19)18(14)23(10)12-2-5-15-16(6-12)25-9-24-15/h2-8H,9H2,1H3,(H,20,21). The van der Waals surface area contributed by atoms with Crippen LogP contribution < -0.4 is 9.47 Å². The largest absolute Gasteiger partial charge is 0.454 e. The molecule has 1 aliphatic rings. The van der Waals surface area contributed by atoms with E-state index in [-0.39, 0.29) is 12.6 Å². The van der Waals surface area contributed by atoms with Crippen LogP contribution in [0.1, 0.15) is 5.82 Å². The number of aromatic amines is 1. The van der Waals surface area contributed by atoms with Gasteiger partial charge in [0.15, 0.2) is 17.3 Å². The summed E-state index contributed by atoms with van der Waals surface area (Å²) in [7, 11) is 0. The van der Waals surface area contributed by atoms with Crippen LogP contribution in [0.15, 0.2) is 42.7 Å². The first-order valence-corrected chi connectivity index (χ1v) is 7.79. The molecule has 1 N–H and O–H groups in total. The predicted molar refractivity (Wildman–Crippen MR) is 89.5 cm³/mol. The summed E-state index contributed by atoms with van der Waals surface area (Å²) in [5, 5.41) is 6.61. The number of nitrogens with one attached hydrogen (secondary N) is 1. The van der Waals surface area contributed by atoms with Crippen LogP contribution in [0.25, 0.3) is 27.8 Å². The van der Waals surface area contributed by atoms with Crippen LogP contribution in [0.4, 0.5) is 4.39 Å². The zero-order valence-corrected chi connectivity index (χ0v) is 13.3. The van der Waals surface area contributed by atoms with Crippen molar-refractivity contribution in [2.24, 2.45) is 0 Å². The van der Waals surface area contributed by atoms with E-state index in [0.717, 1.165) is 5.69 Å². The lowest BCUT2D eigenvalue weighted by Gasteiger charge is -2.10. The van der Waals surface area contributed by atoms with E-state index in [1.54, 1.807) is 23.0 Å². The highest BCUT2D eigenvalue weighted by molar-refractivity contribution is 5.85. The molecule has 5 rings (SSSR count). The van der Waals surface area contributed by atoms with Crippen LogP contribution in [-0.4, -0.2) is 26.5 Å². The lowest BCUT2D eigenvalue weighted by Crippen LogP contribution is -1.99. The van der Waals surface area contributed by atoms with Crippen LogP contribution in [0.3, 0.4) is 0 Å². The number of hydrogen-bond donors (Lipinski definition) is 1. The second-order valence-corrected chi connectivity index (χ2v) is 5.81. The third kappa shape index (κ3) is 2.02. The molecule has 0 amide bonds. The molecule has 2 aromatic carbocycles. The molecule has 3 heterocycles. The summed E-state index contributed by atoms with van der Waals surface area (Å²) in [6.07, 6.45) is 3.26. The number of aromatic nitrogens is 4. The Kier molecular flexibility index (Phi) is 2.85. The number of aryl methyl sites for hydroxylation is 1. The molecule has 0 radical (unpaired) electrons. The lowest BCUT2D eigenvalue weighted by molar-refractivity contribution is 0.174. The van der Waals surface area contributed by atoms with Gasteiger partial charge in [-0.25, -0.2) is 9.37 Å². The van der Waals surface area contributed by atoms with Crippen LogP contribution in [-0.2, 0) is 0 Å². The van der Waals surface area contributed by atoms with E-state index in [0.29, 0.717) is 39.5 Å². The molecule has 0 fully saturated rings. The molecule has 0 spiro atoms. The first-order valence-electron chi connectivity index (χ1n) is 7.79. The summed E-state index contributed by atoms with van der Waals surface area (Å²) in [6, 6.07) is 9.06. The number of H-pyrrole nitrogens is 1. The maximum absolute atomic E-state index is 15.3. The van der Waals surface area contributed by atoms with Gasteiger partial charge in [-0.1, -0.05) is 0 Å².